The molecule has 0 aromatic heterocycles. The summed E-state index contributed by atoms with van der Waals surface area (Å²) in [6.07, 6.45) is 0.821. The molecule has 0 aliphatic carbocycles. The van der Waals surface area contributed by atoms with Crippen LogP contribution in [0.2, 0.25) is 0 Å². The summed E-state index contributed by atoms with van der Waals surface area (Å²) in [6, 6.07) is 12.1. The number of carbonyl (C=O) groups excluding carboxylic acids is 1. The van der Waals surface area contributed by atoms with Gasteiger partial charge in [0.05, 0.1) is 18.5 Å². The minimum absolute atomic E-state index is 0.00279. The van der Waals surface area contributed by atoms with Crippen LogP contribution in [0.25, 0.3) is 0 Å². The van der Waals surface area contributed by atoms with Crippen molar-refractivity contribution in [2.24, 2.45) is 0 Å². The maximum absolute atomic E-state index is 13.8. The zero-order chi connectivity index (χ0) is 17.8. The number of ether oxygens (including phenoxy) is 1. The smallest absolute Gasteiger partial charge is 0.319 e. The Labute approximate surface area is 146 Å². The Morgan fingerprint density at radius 3 is 2.80 bits per heavy atom. The molecule has 2 N–H and O–H groups in total. The van der Waals surface area contributed by atoms with Crippen LogP contribution in [0.15, 0.2) is 42.5 Å². The normalized spacial score (nSPS) is 16.6. The first-order chi connectivity index (χ1) is 12.1. The van der Waals surface area contributed by atoms with E-state index in [1.54, 1.807) is 26.2 Å². The summed E-state index contributed by atoms with van der Waals surface area (Å²) in [6.45, 7) is 3.27. The number of urea groups is 1. The van der Waals surface area contributed by atoms with Crippen LogP contribution >= 0.6 is 0 Å². The van der Waals surface area contributed by atoms with Crippen molar-refractivity contribution in [1.29, 1.82) is 0 Å². The molecular weight excluding hydrogens is 321 g/mol. The summed E-state index contributed by atoms with van der Waals surface area (Å²) in [5.74, 6) is 0.381. The highest BCUT2D eigenvalue weighted by atomic mass is 19.1. The average Bonchev–Trinajstić information content (AvgIpc) is 3.06. The Kier molecular flexibility index (Phi) is 5.07. The number of hydrogen-bond donors (Lipinski definition) is 2. The van der Waals surface area contributed by atoms with E-state index in [4.69, 9.17) is 4.74 Å². The average molecular weight is 343 g/mol. The molecule has 2 aromatic rings. The van der Waals surface area contributed by atoms with Crippen molar-refractivity contribution in [2.45, 2.75) is 19.4 Å². The van der Waals surface area contributed by atoms with Gasteiger partial charge in [-0.2, -0.15) is 0 Å². The molecule has 1 atom stereocenters. The molecule has 2 aromatic carbocycles. The Morgan fingerprint density at radius 1 is 1.24 bits per heavy atom. The molecule has 0 bridgehead atoms. The number of nitrogens with one attached hydrogen (secondary N) is 2. The number of carbonyl (C=O) groups is 1. The highest BCUT2D eigenvalue weighted by Gasteiger charge is 2.26. The number of amides is 2. The number of halogens is 1. The van der Waals surface area contributed by atoms with E-state index in [9.17, 15) is 9.18 Å². The van der Waals surface area contributed by atoms with Crippen LogP contribution in [-0.2, 0) is 0 Å². The number of methoxy groups -OCH3 is 1. The van der Waals surface area contributed by atoms with Crippen LogP contribution in [0, 0.1) is 12.7 Å². The summed E-state index contributed by atoms with van der Waals surface area (Å²) < 4.78 is 19.2. The van der Waals surface area contributed by atoms with Crippen LogP contribution in [0.1, 0.15) is 12.0 Å². The molecule has 132 valence electrons. The number of nitrogens with zero attached hydrogens (tertiary/aromatic N) is 1. The monoisotopic (exact) mass is 343 g/mol. The van der Waals surface area contributed by atoms with Crippen LogP contribution in [0.3, 0.4) is 0 Å². The highest BCUT2D eigenvalue weighted by molar-refractivity contribution is 5.90. The molecule has 25 heavy (non-hydrogen) atoms. The number of rotatable bonds is 4. The molecule has 5 nitrogen and oxygen atoms in total. The zero-order valence-corrected chi connectivity index (χ0v) is 14.4. The van der Waals surface area contributed by atoms with Gasteiger partial charge in [-0.25, -0.2) is 9.18 Å². The lowest BCUT2D eigenvalue weighted by Crippen LogP contribution is -2.40. The van der Waals surface area contributed by atoms with Crippen LogP contribution < -0.4 is 20.3 Å². The second-order valence-corrected chi connectivity index (χ2v) is 6.13. The van der Waals surface area contributed by atoms with Crippen LogP contribution in [0.4, 0.5) is 20.6 Å². The van der Waals surface area contributed by atoms with Crippen molar-refractivity contribution in [1.82, 2.24) is 5.32 Å². The van der Waals surface area contributed by atoms with E-state index in [1.165, 1.54) is 6.07 Å². The van der Waals surface area contributed by atoms with Crippen LogP contribution in [-0.4, -0.2) is 32.3 Å². The first-order valence-corrected chi connectivity index (χ1v) is 8.29. The van der Waals surface area contributed by atoms with Gasteiger partial charge in [0.15, 0.2) is 0 Å². The third-order valence-corrected chi connectivity index (χ3v) is 4.41. The van der Waals surface area contributed by atoms with Gasteiger partial charge < -0.3 is 20.3 Å². The Bertz CT molecular complexity index is 746. The maximum atomic E-state index is 13.8. The van der Waals surface area contributed by atoms with Gasteiger partial charge in [-0.05, 0) is 37.1 Å². The second kappa shape index (κ2) is 7.42. The van der Waals surface area contributed by atoms with Crippen molar-refractivity contribution in [3.63, 3.8) is 0 Å². The molecule has 3 rings (SSSR count). The fraction of sp³-hybridized carbons (Fsp3) is 0.316. The van der Waals surface area contributed by atoms with Crippen molar-refractivity contribution in [3.05, 3.63) is 53.8 Å². The minimum Gasteiger partial charge on any atom is -0.495 e. The van der Waals surface area contributed by atoms with Gasteiger partial charge in [0.1, 0.15) is 11.6 Å². The second-order valence-electron chi connectivity index (χ2n) is 6.13. The number of anilines is 2. The van der Waals surface area contributed by atoms with E-state index >= 15 is 0 Å². The lowest BCUT2D eigenvalue weighted by Gasteiger charge is -2.21. The first-order valence-electron chi connectivity index (χ1n) is 8.29. The molecule has 6 heteroatoms. The predicted octanol–water partition coefficient (Wildman–Crippen LogP) is 3.54. The van der Waals surface area contributed by atoms with Gasteiger partial charge in [-0.1, -0.05) is 24.3 Å². The molecule has 1 aliphatic rings. The molecular formula is C19H22FN3O2. The third kappa shape index (κ3) is 3.84. The van der Waals surface area contributed by atoms with E-state index in [1.807, 2.05) is 24.3 Å². The van der Waals surface area contributed by atoms with Crippen molar-refractivity contribution in [2.75, 3.05) is 30.4 Å². The van der Waals surface area contributed by atoms with Gasteiger partial charge in [-0.3, -0.25) is 0 Å². The van der Waals surface area contributed by atoms with Crippen molar-refractivity contribution < 1.29 is 13.9 Å². The first kappa shape index (κ1) is 17.1. The molecule has 1 heterocycles. The molecule has 0 radical (unpaired) electrons. The topological polar surface area (TPSA) is 53.6 Å². The maximum Gasteiger partial charge on any atom is 0.319 e. The molecule has 0 saturated carbocycles. The Hall–Kier alpha value is -2.76. The fourth-order valence-corrected chi connectivity index (χ4v) is 3.11. The molecule has 0 spiro atoms. The Morgan fingerprint density at radius 2 is 2.04 bits per heavy atom. The largest absolute Gasteiger partial charge is 0.495 e. The summed E-state index contributed by atoms with van der Waals surface area (Å²) in [5, 5.41) is 5.53. The summed E-state index contributed by atoms with van der Waals surface area (Å²) in [5.41, 5.74) is 1.93. The zero-order valence-electron chi connectivity index (χ0n) is 14.4. The minimum atomic E-state index is -0.433. The summed E-state index contributed by atoms with van der Waals surface area (Å²) >= 11 is 0. The quantitative estimate of drug-likeness (QED) is 0.893. The molecule has 0 unspecified atom stereocenters. The number of hydrogen-bond acceptors (Lipinski definition) is 3. The van der Waals surface area contributed by atoms with Gasteiger partial charge in [0.2, 0.25) is 0 Å². The molecule has 1 aliphatic heterocycles. The van der Waals surface area contributed by atoms with Gasteiger partial charge in [0, 0.05) is 19.1 Å². The van der Waals surface area contributed by atoms with Gasteiger partial charge >= 0.3 is 6.03 Å². The lowest BCUT2D eigenvalue weighted by molar-refractivity contribution is 0.249. The number of benzene rings is 2. The third-order valence-electron chi connectivity index (χ3n) is 4.41. The number of para-hydroxylation sites is 3. The molecule has 1 saturated heterocycles. The van der Waals surface area contributed by atoms with E-state index in [-0.39, 0.29) is 17.8 Å². The van der Waals surface area contributed by atoms with E-state index in [0.29, 0.717) is 12.1 Å². The van der Waals surface area contributed by atoms with E-state index in [2.05, 4.69) is 15.5 Å². The molecule has 1 fully saturated rings. The van der Waals surface area contributed by atoms with Crippen molar-refractivity contribution in [3.8, 4) is 5.75 Å². The fourth-order valence-electron chi connectivity index (χ4n) is 3.11. The SMILES string of the molecule is COc1ccccc1N1CC[C@H](NC(=O)Nc2c(C)cccc2F)C1. The Balaban J connectivity index is 1.60. The van der Waals surface area contributed by atoms with Crippen molar-refractivity contribution >= 4 is 17.4 Å². The summed E-state index contributed by atoms with van der Waals surface area (Å²) in [7, 11) is 1.65. The lowest BCUT2D eigenvalue weighted by atomic mass is 10.2. The highest BCUT2D eigenvalue weighted by Crippen LogP contribution is 2.30. The van der Waals surface area contributed by atoms with Gasteiger partial charge in [-0.15, -0.1) is 0 Å². The predicted molar refractivity (Wildman–Crippen MR) is 96.9 cm³/mol. The standard InChI is InChI=1S/C19H22FN3O2/c1-13-6-5-7-15(20)18(13)22-19(24)21-14-10-11-23(12-14)16-8-3-4-9-17(16)25-2/h3-9,14H,10-12H2,1-2H3,(H2,21,22,24)/t14-/m0/s1. The molecule has 2 amide bonds. The van der Waals surface area contributed by atoms with Crippen LogP contribution in [0.5, 0.6) is 5.75 Å². The van der Waals surface area contributed by atoms with E-state index < -0.39 is 5.82 Å². The summed E-state index contributed by atoms with van der Waals surface area (Å²) in [4.78, 5) is 14.4. The number of aryl methyl sites for hydroxylation is 1. The van der Waals surface area contributed by atoms with Gasteiger partial charge in [0.25, 0.3) is 0 Å². The van der Waals surface area contributed by atoms with E-state index in [0.717, 1.165) is 24.4 Å².